The zero-order valence-electron chi connectivity index (χ0n) is 16.0. The highest BCUT2D eigenvalue weighted by molar-refractivity contribution is 5.41. The van der Waals surface area contributed by atoms with Gasteiger partial charge in [0.05, 0.1) is 26.4 Å². The van der Waals surface area contributed by atoms with Crippen LogP contribution < -0.4 is 9.47 Å². The summed E-state index contributed by atoms with van der Waals surface area (Å²) in [5, 5.41) is 0. The first-order chi connectivity index (χ1) is 12.8. The SMILES string of the molecule is COc1cc(O[C@H]2C[C@H](CN3CCOCC3)C2)ccc1CN1CCCC1. The van der Waals surface area contributed by atoms with Crippen molar-refractivity contribution in [3.05, 3.63) is 23.8 Å². The van der Waals surface area contributed by atoms with Crippen molar-refractivity contribution in [2.75, 3.05) is 53.0 Å². The Labute approximate surface area is 157 Å². The Bertz CT molecular complexity index is 577. The fourth-order valence-corrected chi connectivity index (χ4v) is 4.37. The summed E-state index contributed by atoms with van der Waals surface area (Å²) in [4.78, 5) is 5.03. The fraction of sp³-hybridized carbons (Fsp3) is 0.714. The lowest BCUT2D eigenvalue weighted by Gasteiger charge is -2.39. The Morgan fingerprint density at radius 3 is 2.54 bits per heavy atom. The molecular formula is C21H32N2O3. The van der Waals surface area contributed by atoms with Gasteiger partial charge < -0.3 is 14.2 Å². The lowest BCUT2D eigenvalue weighted by molar-refractivity contribution is 0.0000944. The summed E-state index contributed by atoms with van der Waals surface area (Å²) < 4.78 is 17.3. The molecule has 1 saturated carbocycles. The van der Waals surface area contributed by atoms with Crippen molar-refractivity contribution in [3.63, 3.8) is 0 Å². The topological polar surface area (TPSA) is 34.2 Å². The third-order valence-corrected chi connectivity index (χ3v) is 5.97. The summed E-state index contributed by atoms with van der Waals surface area (Å²) in [5.74, 6) is 2.68. The van der Waals surface area contributed by atoms with Crippen molar-refractivity contribution < 1.29 is 14.2 Å². The van der Waals surface area contributed by atoms with Gasteiger partial charge in [-0.3, -0.25) is 9.80 Å². The third kappa shape index (κ3) is 4.51. The van der Waals surface area contributed by atoms with Crippen LogP contribution >= 0.6 is 0 Å². The number of nitrogens with zero attached hydrogens (tertiary/aromatic N) is 2. The Morgan fingerprint density at radius 1 is 1.04 bits per heavy atom. The summed E-state index contributed by atoms with van der Waals surface area (Å²) in [5.41, 5.74) is 1.26. The highest BCUT2D eigenvalue weighted by atomic mass is 16.5. The predicted octanol–water partition coefficient (Wildman–Crippen LogP) is 2.78. The summed E-state index contributed by atoms with van der Waals surface area (Å²) in [7, 11) is 1.76. The molecule has 3 fully saturated rings. The van der Waals surface area contributed by atoms with Gasteiger partial charge in [-0.1, -0.05) is 6.07 Å². The van der Waals surface area contributed by atoms with Gasteiger partial charge in [-0.25, -0.2) is 0 Å². The summed E-state index contributed by atoms with van der Waals surface area (Å²) >= 11 is 0. The largest absolute Gasteiger partial charge is 0.496 e. The molecule has 26 heavy (non-hydrogen) atoms. The molecule has 0 N–H and O–H groups in total. The van der Waals surface area contributed by atoms with Gasteiger partial charge in [-0.15, -0.1) is 0 Å². The van der Waals surface area contributed by atoms with Gasteiger partial charge in [0.15, 0.2) is 0 Å². The predicted molar refractivity (Wildman–Crippen MR) is 102 cm³/mol. The van der Waals surface area contributed by atoms with Crippen LogP contribution in [0.15, 0.2) is 18.2 Å². The van der Waals surface area contributed by atoms with Crippen LogP contribution in [0.5, 0.6) is 11.5 Å². The first-order valence-electron chi connectivity index (χ1n) is 10.2. The first kappa shape index (κ1) is 18.1. The van der Waals surface area contributed by atoms with Crippen LogP contribution in [0.3, 0.4) is 0 Å². The molecule has 0 radical (unpaired) electrons. The Balaban J connectivity index is 1.26. The molecule has 1 aromatic rings. The minimum Gasteiger partial charge on any atom is -0.496 e. The maximum Gasteiger partial charge on any atom is 0.127 e. The van der Waals surface area contributed by atoms with E-state index in [1.807, 2.05) is 0 Å². The number of rotatable bonds is 7. The molecule has 0 spiro atoms. The molecule has 5 heteroatoms. The Kier molecular flexibility index (Phi) is 5.98. The molecular weight excluding hydrogens is 328 g/mol. The molecule has 2 aliphatic heterocycles. The summed E-state index contributed by atoms with van der Waals surface area (Å²) in [6.45, 7) is 8.51. The van der Waals surface area contributed by atoms with Gasteiger partial charge in [0, 0.05) is 37.8 Å². The van der Waals surface area contributed by atoms with Crippen LogP contribution in [0, 0.1) is 5.92 Å². The molecule has 0 atom stereocenters. The Morgan fingerprint density at radius 2 is 1.81 bits per heavy atom. The number of hydrogen-bond acceptors (Lipinski definition) is 5. The molecule has 2 saturated heterocycles. The number of hydrogen-bond donors (Lipinski definition) is 0. The number of benzene rings is 1. The molecule has 144 valence electrons. The molecule has 0 unspecified atom stereocenters. The lowest BCUT2D eigenvalue weighted by atomic mass is 9.82. The maximum atomic E-state index is 6.20. The molecule has 1 aliphatic carbocycles. The van der Waals surface area contributed by atoms with Crippen molar-refractivity contribution in [3.8, 4) is 11.5 Å². The lowest BCUT2D eigenvalue weighted by Crippen LogP contribution is -2.45. The van der Waals surface area contributed by atoms with Gasteiger partial charge in [0.2, 0.25) is 0 Å². The van der Waals surface area contributed by atoms with Gasteiger partial charge >= 0.3 is 0 Å². The number of likely N-dealkylation sites (tertiary alicyclic amines) is 1. The van der Waals surface area contributed by atoms with Crippen molar-refractivity contribution in [2.24, 2.45) is 5.92 Å². The number of morpholine rings is 1. The molecule has 1 aromatic carbocycles. The van der Waals surface area contributed by atoms with E-state index in [1.165, 1.54) is 38.0 Å². The second-order valence-electron chi connectivity index (χ2n) is 7.95. The zero-order valence-corrected chi connectivity index (χ0v) is 16.0. The Hall–Kier alpha value is -1.30. The average Bonchev–Trinajstić information content (AvgIpc) is 3.15. The minimum atomic E-state index is 0.357. The van der Waals surface area contributed by atoms with Crippen molar-refractivity contribution >= 4 is 0 Å². The number of methoxy groups -OCH3 is 1. The van der Waals surface area contributed by atoms with Gasteiger partial charge in [0.25, 0.3) is 0 Å². The highest BCUT2D eigenvalue weighted by Gasteiger charge is 2.32. The van der Waals surface area contributed by atoms with E-state index >= 15 is 0 Å². The molecule has 5 nitrogen and oxygen atoms in total. The summed E-state index contributed by atoms with van der Waals surface area (Å²) in [6.07, 6.45) is 5.31. The quantitative estimate of drug-likeness (QED) is 0.747. The van der Waals surface area contributed by atoms with Crippen LogP contribution in [0.2, 0.25) is 0 Å². The van der Waals surface area contributed by atoms with Gasteiger partial charge in [-0.2, -0.15) is 0 Å². The van der Waals surface area contributed by atoms with Crippen LogP contribution in [0.4, 0.5) is 0 Å². The highest BCUT2D eigenvalue weighted by Crippen LogP contribution is 2.34. The van der Waals surface area contributed by atoms with Crippen LogP contribution in [-0.2, 0) is 11.3 Å². The number of ether oxygens (including phenoxy) is 3. The van der Waals surface area contributed by atoms with Crippen LogP contribution in [-0.4, -0.2) is 69.0 Å². The van der Waals surface area contributed by atoms with Crippen LogP contribution in [0.1, 0.15) is 31.2 Å². The first-order valence-corrected chi connectivity index (χ1v) is 10.2. The van der Waals surface area contributed by atoms with E-state index in [0.29, 0.717) is 6.10 Å². The molecule has 0 aromatic heterocycles. The van der Waals surface area contributed by atoms with Gasteiger partial charge in [0.1, 0.15) is 11.5 Å². The van der Waals surface area contributed by atoms with E-state index in [2.05, 4.69) is 28.0 Å². The maximum absolute atomic E-state index is 6.20. The third-order valence-electron chi connectivity index (χ3n) is 5.97. The summed E-state index contributed by atoms with van der Waals surface area (Å²) in [6, 6.07) is 6.36. The zero-order chi connectivity index (χ0) is 17.8. The van der Waals surface area contributed by atoms with E-state index in [9.17, 15) is 0 Å². The monoisotopic (exact) mass is 360 g/mol. The molecule has 2 heterocycles. The van der Waals surface area contributed by atoms with Crippen molar-refractivity contribution in [2.45, 2.75) is 38.3 Å². The van der Waals surface area contributed by atoms with Crippen LogP contribution in [0.25, 0.3) is 0 Å². The fourth-order valence-electron chi connectivity index (χ4n) is 4.37. The van der Waals surface area contributed by atoms with E-state index in [-0.39, 0.29) is 0 Å². The smallest absolute Gasteiger partial charge is 0.127 e. The van der Waals surface area contributed by atoms with E-state index in [4.69, 9.17) is 14.2 Å². The molecule has 0 bridgehead atoms. The van der Waals surface area contributed by atoms with Gasteiger partial charge in [-0.05, 0) is 50.8 Å². The van der Waals surface area contributed by atoms with E-state index < -0.39 is 0 Å². The average molecular weight is 360 g/mol. The standard InChI is InChI=1S/C21H32N2O3/c1-24-21-14-19(5-4-18(21)16-22-6-2-3-7-22)26-20-12-17(13-20)15-23-8-10-25-11-9-23/h4-5,14,17,20H,2-3,6-13,15-16H2,1H3/t17-,20-. The molecule has 3 aliphatic rings. The second kappa shape index (κ2) is 8.59. The van der Waals surface area contributed by atoms with Crippen molar-refractivity contribution in [1.29, 1.82) is 0 Å². The minimum absolute atomic E-state index is 0.357. The normalized spacial score (nSPS) is 27.3. The van der Waals surface area contributed by atoms with E-state index in [1.54, 1.807) is 7.11 Å². The van der Waals surface area contributed by atoms with Crippen molar-refractivity contribution in [1.82, 2.24) is 9.80 Å². The molecule has 0 amide bonds. The molecule has 4 rings (SSSR count). The second-order valence-corrected chi connectivity index (χ2v) is 7.95. The van der Waals surface area contributed by atoms with E-state index in [0.717, 1.165) is 63.1 Å².